The third-order valence-electron chi connectivity index (χ3n) is 5.56. The summed E-state index contributed by atoms with van der Waals surface area (Å²) in [4.78, 5) is 21.7. The van der Waals surface area contributed by atoms with Crippen molar-refractivity contribution >= 4 is 5.91 Å². The Labute approximate surface area is 155 Å². The number of aromatic nitrogens is 1. The maximum absolute atomic E-state index is 12.7. The van der Waals surface area contributed by atoms with Gasteiger partial charge in [-0.05, 0) is 57.3 Å². The number of likely N-dealkylation sites (tertiary alicyclic amines) is 2. The normalized spacial score (nSPS) is 19.6. The summed E-state index contributed by atoms with van der Waals surface area (Å²) >= 11 is 0. The first kappa shape index (κ1) is 17.3. The molecule has 0 radical (unpaired) electrons. The Kier molecular flexibility index (Phi) is 5.34. The Bertz CT molecular complexity index is 714. The van der Waals surface area contributed by atoms with Gasteiger partial charge in [-0.2, -0.15) is 0 Å². The summed E-state index contributed by atoms with van der Waals surface area (Å²) in [6.07, 6.45) is 7.27. The van der Waals surface area contributed by atoms with Crippen LogP contribution in [0.25, 0.3) is 11.5 Å². The lowest BCUT2D eigenvalue weighted by molar-refractivity contribution is -0.138. The summed E-state index contributed by atoms with van der Waals surface area (Å²) < 4.78 is 5.63. The van der Waals surface area contributed by atoms with E-state index in [4.69, 9.17) is 4.42 Å². The molecule has 138 valence electrons. The molecule has 0 spiro atoms. The highest BCUT2D eigenvalue weighted by Gasteiger charge is 2.29. The number of oxazole rings is 1. The Morgan fingerprint density at radius 3 is 2.50 bits per heavy atom. The van der Waals surface area contributed by atoms with Gasteiger partial charge >= 0.3 is 0 Å². The number of amides is 1. The summed E-state index contributed by atoms with van der Waals surface area (Å²) in [5.41, 5.74) is 1.97. The first-order valence-electron chi connectivity index (χ1n) is 9.80. The topological polar surface area (TPSA) is 49.6 Å². The minimum absolute atomic E-state index is 0.210. The molecule has 1 aromatic carbocycles. The van der Waals surface area contributed by atoms with Crippen molar-refractivity contribution in [1.29, 1.82) is 0 Å². The summed E-state index contributed by atoms with van der Waals surface area (Å²) in [6, 6.07) is 9.98. The molecule has 4 rings (SSSR count). The van der Waals surface area contributed by atoms with Crippen molar-refractivity contribution in [2.45, 2.75) is 38.6 Å². The quantitative estimate of drug-likeness (QED) is 0.843. The zero-order valence-electron chi connectivity index (χ0n) is 15.3. The zero-order chi connectivity index (χ0) is 17.8. The molecule has 2 fully saturated rings. The van der Waals surface area contributed by atoms with Crippen molar-refractivity contribution in [3.63, 3.8) is 0 Å². The summed E-state index contributed by atoms with van der Waals surface area (Å²) in [5, 5.41) is 0. The lowest BCUT2D eigenvalue weighted by Crippen LogP contribution is -2.44. The average Bonchev–Trinajstić information content (AvgIpc) is 3.18. The number of hydrogen-bond acceptors (Lipinski definition) is 4. The van der Waals surface area contributed by atoms with Crippen molar-refractivity contribution in [3.8, 4) is 11.5 Å². The van der Waals surface area contributed by atoms with Crippen LogP contribution in [0.2, 0.25) is 0 Å². The van der Waals surface area contributed by atoms with E-state index < -0.39 is 0 Å². The smallest absolute Gasteiger partial charge is 0.226 e. The maximum atomic E-state index is 12.7. The highest BCUT2D eigenvalue weighted by Crippen LogP contribution is 2.24. The minimum atomic E-state index is 0.210. The fraction of sp³-hybridized carbons (Fsp3) is 0.524. The Morgan fingerprint density at radius 2 is 1.77 bits per heavy atom. The van der Waals surface area contributed by atoms with Crippen molar-refractivity contribution in [2.75, 3.05) is 26.2 Å². The van der Waals surface area contributed by atoms with Gasteiger partial charge in [0, 0.05) is 31.1 Å². The summed E-state index contributed by atoms with van der Waals surface area (Å²) in [7, 11) is 0. The molecule has 5 nitrogen and oxygen atoms in total. The van der Waals surface area contributed by atoms with Crippen LogP contribution in [0.3, 0.4) is 0 Å². The summed E-state index contributed by atoms with van der Waals surface area (Å²) in [6.45, 7) is 4.62. The highest BCUT2D eigenvalue weighted by atomic mass is 16.3. The van der Waals surface area contributed by atoms with Gasteiger partial charge in [0.25, 0.3) is 0 Å². The molecule has 5 heteroatoms. The monoisotopic (exact) mass is 353 g/mol. The molecule has 0 bridgehead atoms. The molecule has 0 saturated carbocycles. The SMILES string of the molecule is O=C(C1CCN(Cc2coc(-c3ccccc3)n2)CC1)N1CCCCC1. The van der Waals surface area contributed by atoms with Gasteiger partial charge in [-0.1, -0.05) is 18.2 Å². The van der Waals surface area contributed by atoms with Crippen molar-refractivity contribution in [1.82, 2.24) is 14.8 Å². The Morgan fingerprint density at radius 1 is 1.04 bits per heavy atom. The standard InChI is InChI=1S/C21H27N3O2/c25-21(24-11-5-2-6-12-24)18-9-13-23(14-10-18)15-19-16-26-20(22-19)17-7-3-1-4-8-17/h1,3-4,7-8,16,18H,2,5-6,9-15H2. The lowest BCUT2D eigenvalue weighted by atomic mass is 9.94. The van der Waals surface area contributed by atoms with E-state index in [1.165, 1.54) is 19.3 Å². The maximum Gasteiger partial charge on any atom is 0.226 e. The molecule has 0 unspecified atom stereocenters. The number of piperidine rings is 2. The first-order valence-corrected chi connectivity index (χ1v) is 9.80. The van der Waals surface area contributed by atoms with E-state index in [2.05, 4.69) is 14.8 Å². The van der Waals surface area contributed by atoms with Crippen LogP contribution >= 0.6 is 0 Å². The molecule has 3 heterocycles. The van der Waals surface area contributed by atoms with Gasteiger partial charge in [-0.3, -0.25) is 9.69 Å². The predicted molar refractivity (Wildman–Crippen MR) is 100 cm³/mol. The van der Waals surface area contributed by atoms with Crippen LogP contribution < -0.4 is 0 Å². The number of nitrogens with zero attached hydrogens (tertiary/aromatic N) is 3. The van der Waals surface area contributed by atoms with Gasteiger partial charge < -0.3 is 9.32 Å². The van der Waals surface area contributed by atoms with E-state index >= 15 is 0 Å². The van der Waals surface area contributed by atoms with E-state index in [1.807, 2.05) is 30.3 Å². The average molecular weight is 353 g/mol. The third-order valence-corrected chi connectivity index (χ3v) is 5.56. The van der Waals surface area contributed by atoms with E-state index in [-0.39, 0.29) is 5.92 Å². The number of benzene rings is 1. The number of carbonyl (C=O) groups is 1. The van der Waals surface area contributed by atoms with Gasteiger partial charge in [-0.15, -0.1) is 0 Å². The lowest BCUT2D eigenvalue weighted by Gasteiger charge is -2.35. The third kappa shape index (κ3) is 3.98. The molecule has 2 aliphatic heterocycles. The second-order valence-corrected chi connectivity index (χ2v) is 7.45. The molecule has 26 heavy (non-hydrogen) atoms. The van der Waals surface area contributed by atoms with Gasteiger partial charge in [0.2, 0.25) is 11.8 Å². The molecule has 1 aromatic heterocycles. The zero-order valence-corrected chi connectivity index (χ0v) is 15.3. The van der Waals surface area contributed by atoms with Crippen LogP contribution in [0.4, 0.5) is 0 Å². The van der Waals surface area contributed by atoms with Gasteiger partial charge in [0.15, 0.2) is 0 Å². The highest BCUT2D eigenvalue weighted by molar-refractivity contribution is 5.79. The molecular formula is C21H27N3O2. The van der Waals surface area contributed by atoms with Crippen molar-refractivity contribution < 1.29 is 9.21 Å². The van der Waals surface area contributed by atoms with Crippen LogP contribution in [-0.4, -0.2) is 46.9 Å². The van der Waals surface area contributed by atoms with E-state index in [1.54, 1.807) is 6.26 Å². The van der Waals surface area contributed by atoms with Crippen molar-refractivity contribution in [2.24, 2.45) is 5.92 Å². The van der Waals surface area contributed by atoms with Gasteiger partial charge in [0.05, 0.1) is 5.69 Å². The fourth-order valence-corrected chi connectivity index (χ4v) is 4.03. The second kappa shape index (κ2) is 8.04. The largest absolute Gasteiger partial charge is 0.444 e. The van der Waals surface area contributed by atoms with Crippen LogP contribution in [0.1, 0.15) is 37.8 Å². The number of carbonyl (C=O) groups excluding carboxylic acids is 1. The molecule has 0 N–H and O–H groups in total. The van der Waals surface area contributed by atoms with Crippen LogP contribution in [-0.2, 0) is 11.3 Å². The molecule has 0 aliphatic carbocycles. The van der Waals surface area contributed by atoms with Crippen molar-refractivity contribution in [3.05, 3.63) is 42.3 Å². The summed E-state index contributed by atoms with van der Waals surface area (Å²) in [5.74, 6) is 1.27. The van der Waals surface area contributed by atoms with E-state index in [0.717, 1.165) is 56.8 Å². The van der Waals surface area contributed by atoms with Crippen LogP contribution in [0, 0.1) is 5.92 Å². The number of rotatable bonds is 4. The molecule has 0 atom stereocenters. The minimum Gasteiger partial charge on any atom is -0.444 e. The van der Waals surface area contributed by atoms with E-state index in [9.17, 15) is 4.79 Å². The number of hydrogen-bond donors (Lipinski definition) is 0. The van der Waals surface area contributed by atoms with Crippen LogP contribution in [0.15, 0.2) is 41.0 Å². The molecule has 2 saturated heterocycles. The Hall–Kier alpha value is -2.14. The van der Waals surface area contributed by atoms with Gasteiger partial charge in [0.1, 0.15) is 6.26 Å². The second-order valence-electron chi connectivity index (χ2n) is 7.45. The van der Waals surface area contributed by atoms with Crippen LogP contribution in [0.5, 0.6) is 0 Å². The predicted octanol–water partition coefficient (Wildman–Crippen LogP) is 3.57. The molecular weight excluding hydrogens is 326 g/mol. The Balaban J connectivity index is 1.29. The molecule has 1 amide bonds. The fourth-order valence-electron chi connectivity index (χ4n) is 4.03. The molecule has 2 aromatic rings. The molecule has 2 aliphatic rings. The van der Waals surface area contributed by atoms with E-state index in [0.29, 0.717) is 11.8 Å². The van der Waals surface area contributed by atoms with Gasteiger partial charge in [-0.25, -0.2) is 4.98 Å². The first-order chi connectivity index (χ1) is 12.8.